The molecular formula is C18H26N2O3S. The number of nitrogens with zero attached hydrogens (tertiary/aromatic N) is 1. The van der Waals surface area contributed by atoms with Gasteiger partial charge in [0.05, 0.1) is 4.90 Å². The fourth-order valence-electron chi connectivity index (χ4n) is 3.26. The maximum atomic E-state index is 12.7. The Bertz CT molecular complexity index is 718. The molecule has 3 rings (SSSR count). The third-order valence-corrected chi connectivity index (χ3v) is 6.25. The van der Waals surface area contributed by atoms with Crippen molar-refractivity contribution in [1.82, 2.24) is 10.2 Å². The summed E-state index contributed by atoms with van der Waals surface area (Å²) in [6.07, 6.45) is 5.80. The Morgan fingerprint density at radius 3 is 2.46 bits per heavy atom. The Kier molecular flexibility index (Phi) is 4.97. The first-order valence-electron chi connectivity index (χ1n) is 8.68. The molecule has 132 valence electrons. The van der Waals surface area contributed by atoms with E-state index in [2.05, 4.69) is 5.32 Å². The topological polar surface area (TPSA) is 66.5 Å². The third-order valence-electron chi connectivity index (χ3n) is 5.01. The molecule has 1 heterocycles. The number of amides is 1. The van der Waals surface area contributed by atoms with Gasteiger partial charge in [-0.1, -0.05) is 6.07 Å². The van der Waals surface area contributed by atoms with Crippen molar-refractivity contribution in [3.63, 3.8) is 0 Å². The molecule has 0 radical (unpaired) electrons. The lowest BCUT2D eigenvalue weighted by Crippen LogP contribution is -2.45. The van der Waals surface area contributed by atoms with Gasteiger partial charge in [-0.15, -0.1) is 0 Å². The van der Waals surface area contributed by atoms with Crippen LogP contribution in [0.15, 0.2) is 23.1 Å². The van der Waals surface area contributed by atoms with E-state index in [0.29, 0.717) is 17.2 Å². The van der Waals surface area contributed by atoms with Crippen LogP contribution in [0.4, 0.5) is 0 Å². The Morgan fingerprint density at radius 2 is 1.88 bits per heavy atom. The van der Waals surface area contributed by atoms with E-state index in [-0.39, 0.29) is 10.8 Å². The molecule has 2 aliphatic rings. The van der Waals surface area contributed by atoms with Crippen molar-refractivity contribution in [2.75, 3.05) is 25.9 Å². The predicted octanol–water partition coefficient (Wildman–Crippen LogP) is 2.00. The monoisotopic (exact) mass is 350 g/mol. The number of sulfone groups is 1. The van der Waals surface area contributed by atoms with E-state index in [0.717, 1.165) is 38.4 Å². The van der Waals surface area contributed by atoms with Crippen LogP contribution in [0.2, 0.25) is 0 Å². The SMILES string of the molecule is Cc1ccc(C(=O)N2CCC(NCC3CC3)CC2)cc1S(C)(=O)=O. The van der Waals surface area contributed by atoms with Gasteiger partial charge in [0.25, 0.3) is 5.91 Å². The predicted molar refractivity (Wildman–Crippen MR) is 93.9 cm³/mol. The zero-order valence-electron chi connectivity index (χ0n) is 14.4. The van der Waals surface area contributed by atoms with Gasteiger partial charge in [0.15, 0.2) is 9.84 Å². The van der Waals surface area contributed by atoms with E-state index in [1.54, 1.807) is 19.1 Å². The van der Waals surface area contributed by atoms with Crippen molar-refractivity contribution in [1.29, 1.82) is 0 Å². The number of benzene rings is 1. The fourth-order valence-corrected chi connectivity index (χ4v) is 4.25. The zero-order valence-corrected chi connectivity index (χ0v) is 15.2. The van der Waals surface area contributed by atoms with Crippen molar-refractivity contribution in [3.05, 3.63) is 29.3 Å². The maximum Gasteiger partial charge on any atom is 0.253 e. The molecule has 1 aromatic rings. The molecule has 2 fully saturated rings. The summed E-state index contributed by atoms with van der Waals surface area (Å²) in [6.45, 7) is 4.31. The minimum Gasteiger partial charge on any atom is -0.339 e. The van der Waals surface area contributed by atoms with Crippen molar-refractivity contribution in [2.45, 2.75) is 43.5 Å². The fraction of sp³-hybridized carbons (Fsp3) is 0.611. The Hall–Kier alpha value is -1.40. The van der Waals surface area contributed by atoms with E-state index in [4.69, 9.17) is 0 Å². The van der Waals surface area contributed by atoms with Gasteiger partial charge in [-0.2, -0.15) is 0 Å². The van der Waals surface area contributed by atoms with Gasteiger partial charge >= 0.3 is 0 Å². The lowest BCUT2D eigenvalue weighted by molar-refractivity contribution is 0.0704. The molecule has 0 spiro atoms. The molecule has 1 saturated heterocycles. The van der Waals surface area contributed by atoms with Crippen molar-refractivity contribution in [3.8, 4) is 0 Å². The highest BCUT2D eigenvalue weighted by atomic mass is 32.2. The highest BCUT2D eigenvalue weighted by Gasteiger charge is 2.27. The Balaban J connectivity index is 1.62. The number of hydrogen-bond acceptors (Lipinski definition) is 4. The van der Waals surface area contributed by atoms with Gasteiger partial charge in [0, 0.05) is 31.0 Å². The average Bonchev–Trinajstić information content (AvgIpc) is 3.36. The number of carbonyl (C=O) groups excluding carboxylic acids is 1. The number of nitrogens with one attached hydrogen (secondary N) is 1. The summed E-state index contributed by atoms with van der Waals surface area (Å²) in [5, 5.41) is 3.60. The van der Waals surface area contributed by atoms with E-state index >= 15 is 0 Å². The van der Waals surface area contributed by atoms with Crippen LogP contribution in [0, 0.1) is 12.8 Å². The highest BCUT2D eigenvalue weighted by Crippen LogP contribution is 2.28. The number of rotatable bonds is 5. The number of carbonyl (C=O) groups is 1. The van der Waals surface area contributed by atoms with Gasteiger partial charge in [-0.05, 0) is 62.8 Å². The molecule has 0 atom stereocenters. The minimum absolute atomic E-state index is 0.0689. The Labute approximate surface area is 144 Å². The second-order valence-electron chi connectivity index (χ2n) is 7.17. The summed E-state index contributed by atoms with van der Waals surface area (Å²) in [6, 6.07) is 5.46. The average molecular weight is 350 g/mol. The minimum atomic E-state index is -3.32. The van der Waals surface area contributed by atoms with Crippen LogP contribution in [0.1, 0.15) is 41.6 Å². The molecule has 24 heavy (non-hydrogen) atoms. The lowest BCUT2D eigenvalue weighted by atomic mass is 10.0. The van der Waals surface area contributed by atoms with Crippen LogP contribution in [-0.4, -0.2) is 51.2 Å². The molecule has 1 aliphatic heterocycles. The summed E-state index contributed by atoms with van der Waals surface area (Å²) in [7, 11) is -3.32. The van der Waals surface area contributed by atoms with E-state index < -0.39 is 9.84 Å². The van der Waals surface area contributed by atoms with Crippen LogP contribution in [0.25, 0.3) is 0 Å². The largest absolute Gasteiger partial charge is 0.339 e. The van der Waals surface area contributed by atoms with Crippen molar-refractivity contribution < 1.29 is 13.2 Å². The molecule has 0 unspecified atom stereocenters. The third kappa shape index (κ3) is 4.16. The molecular weight excluding hydrogens is 324 g/mol. The molecule has 0 aromatic heterocycles. The van der Waals surface area contributed by atoms with E-state index in [9.17, 15) is 13.2 Å². The van der Waals surface area contributed by atoms with E-state index in [1.165, 1.54) is 25.2 Å². The zero-order chi connectivity index (χ0) is 17.3. The number of likely N-dealkylation sites (tertiary alicyclic amines) is 1. The second kappa shape index (κ2) is 6.84. The second-order valence-corrected chi connectivity index (χ2v) is 9.15. The summed E-state index contributed by atoms with van der Waals surface area (Å²) in [4.78, 5) is 14.8. The molecule has 5 nitrogen and oxygen atoms in total. The van der Waals surface area contributed by atoms with Gasteiger partial charge in [-0.3, -0.25) is 4.79 Å². The quantitative estimate of drug-likeness (QED) is 0.882. The number of aryl methyl sites for hydroxylation is 1. The molecule has 1 saturated carbocycles. The molecule has 6 heteroatoms. The van der Waals surface area contributed by atoms with Gasteiger partial charge < -0.3 is 10.2 Å². The standard InChI is InChI=1S/C18H26N2O3S/c1-13-3-6-15(11-17(13)24(2,22)23)18(21)20-9-7-16(8-10-20)19-12-14-4-5-14/h3,6,11,14,16,19H,4-5,7-10,12H2,1-2H3. The molecule has 1 aromatic carbocycles. The van der Waals surface area contributed by atoms with Gasteiger partial charge in [-0.25, -0.2) is 8.42 Å². The molecule has 1 aliphatic carbocycles. The Morgan fingerprint density at radius 1 is 1.21 bits per heavy atom. The summed E-state index contributed by atoms with van der Waals surface area (Å²) < 4.78 is 23.7. The van der Waals surface area contributed by atoms with Crippen LogP contribution in [-0.2, 0) is 9.84 Å². The molecule has 1 amide bonds. The highest BCUT2D eigenvalue weighted by molar-refractivity contribution is 7.90. The molecule has 0 bridgehead atoms. The van der Waals surface area contributed by atoms with Crippen LogP contribution in [0.5, 0.6) is 0 Å². The first kappa shape index (κ1) is 17.4. The summed E-state index contributed by atoms with van der Waals surface area (Å²) in [5.41, 5.74) is 1.14. The maximum absolute atomic E-state index is 12.7. The molecule has 1 N–H and O–H groups in total. The smallest absolute Gasteiger partial charge is 0.253 e. The number of hydrogen-bond donors (Lipinski definition) is 1. The van der Waals surface area contributed by atoms with Gasteiger partial charge in [0.2, 0.25) is 0 Å². The normalized spacial score (nSPS) is 19.5. The van der Waals surface area contributed by atoms with Crippen molar-refractivity contribution >= 4 is 15.7 Å². The van der Waals surface area contributed by atoms with Gasteiger partial charge in [0.1, 0.15) is 0 Å². The summed E-state index contributed by atoms with van der Waals surface area (Å²) in [5.74, 6) is 0.798. The lowest BCUT2D eigenvalue weighted by Gasteiger charge is -2.32. The van der Waals surface area contributed by atoms with Crippen LogP contribution < -0.4 is 5.32 Å². The van der Waals surface area contributed by atoms with Crippen LogP contribution >= 0.6 is 0 Å². The van der Waals surface area contributed by atoms with E-state index in [1.807, 2.05) is 4.90 Å². The van der Waals surface area contributed by atoms with Crippen molar-refractivity contribution in [2.24, 2.45) is 5.92 Å². The number of piperidine rings is 1. The van der Waals surface area contributed by atoms with Crippen LogP contribution in [0.3, 0.4) is 0 Å². The first-order valence-corrected chi connectivity index (χ1v) is 10.6. The first-order chi connectivity index (χ1) is 11.3. The summed E-state index contributed by atoms with van der Waals surface area (Å²) >= 11 is 0.